The van der Waals surface area contributed by atoms with Crippen LogP contribution in [0, 0.1) is 13.8 Å². The van der Waals surface area contributed by atoms with Crippen molar-refractivity contribution in [2.75, 3.05) is 0 Å². The van der Waals surface area contributed by atoms with E-state index >= 15 is 0 Å². The van der Waals surface area contributed by atoms with Crippen molar-refractivity contribution in [3.05, 3.63) is 155 Å². The topological polar surface area (TPSA) is 25.8 Å². The molecule has 0 saturated carbocycles. The van der Waals surface area contributed by atoms with Gasteiger partial charge in [-0.3, -0.25) is 9.97 Å². The number of pyridine rings is 2. The first-order chi connectivity index (χ1) is 28.1. The van der Waals surface area contributed by atoms with Gasteiger partial charge in [-0.25, -0.2) is 0 Å². The molecule has 0 aliphatic rings. The smallest absolute Gasteiger partial charge is 0.0790 e. The van der Waals surface area contributed by atoms with Crippen LogP contribution >= 0.6 is 0 Å². The highest BCUT2D eigenvalue weighted by Crippen LogP contribution is 2.46. The molecular formula is C58H62N2. The minimum Gasteiger partial charge on any atom is -0.252 e. The van der Waals surface area contributed by atoms with Crippen LogP contribution in [-0.4, -0.2) is 9.97 Å². The van der Waals surface area contributed by atoms with Gasteiger partial charge in [0.15, 0.2) is 0 Å². The second-order valence-corrected chi connectivity index (χ2v) is 21.3. The molecule has 0 unspecified atom stereocenters. The molecule has 2 aromatic heterocycles. The van der Waals surface area contributed by atoms with Crippen molar-refractivity contribution >= 4 is 32.6 Å². The van der Waals surface area contributed by atoms with E-state index in [1.54, 1.807) is 0 Å². The average molecular weight is 787 g/mol. The zero-order chi connectivity index (χ0) is 43.1. The van der Waals surface area contributed by atoms with E-state index in [0.29, 0.717) is 0 Å². The highest BCUT2D eigenvalue weighted by molar-refractivity contribution is 6.23. The SMILES string of the molecule is Cc1ccc2c(-c3cc(C(C)(C)C)ccc3-c3ccc(C(C)(C)C)cc3)cc3c(cc(-c4cc(C(C)(C)C)ccc4-c4ccc(C(C)(C)C)cc4)c4ccc(C)nc43)c2n1. The van der Waals surface area contributed by atoms with Crippen molar-refractivity contribution in [2.45, 2.75) is 119 Å². The van der Waals surface area contributed by atoms with Gasteiger partial charge < -0.3 is 0 Å². The molecule has 0 spiro atoms. The first kappa shape index (κ1) is 41.1. The van der Waals surface area contributed by atoms with Crippen LogP contribution in [0.25, 0.3) is 77.1 Å². The summed E-state index contributed by atoms with van der Waals surface area (Å²) in [6.07, 6.45) is 0. The molecule has 0 aliphatic carbocycles. The zero-order valence-corrected chi connectivity index (χ0v) is 38.4. The quantitative estimate of drug-likeness (QED) is 0.166. The number of benzene rings is 6. The summed E-state index contributed by atoms with van der Waals surface area (Å²) in [4.78, 5) is 10.8. The van der Waals surface area contributed by atoms with E-state index in [2.05, 4.69) is 218 Å². The third-order valence-electron chi connectivity index (χ3n) is 12.5. The van der Waals surface area contributed by atoms with Gasteiger partial charge in [-0.1, -0.05) is 168 Å². The fraction of sp³-hybridized carbons (Fsp3) is 0.310. The first-order valence-corrected chi connectivity index (χ1v) is 21.7. The number of aromatic nitrogens is 2. The van der Waals surface area contributed by atoms with Crippen LogP contribution in [0.1, 0.15) is 117 Å². The second-order valence-electron chi connectivity index (χ2n) is 21.3. The van der Waals surface area contributed by atoms with E-state index < -0.39 is 0 Å². The molecule has 6 aromatic carbocycles. The number of nitrogens with zero attached hydrogens (tertiary/aromatic N) is 2. The largest absolute Gasteiger partial charge is 0.252 e. The first-order valence-electron chi connectivity index (χ1n) is 21.7. The molecule has 0 bridgehead atoms. The van der Waals surface area contributed by atoms with Gasteiger partial charge in [0.2, 0.25) is 0 Å². The lowest BCUT2D eigenvalue weighted by Gasteiger charge is -2.24. The summed E-state index contributed by atoms with van der Waals surface area (Å²) in [7, 11) is 0. The molecule has 2 heteroatoms. The minimum atomic E-state index is -0.0303. The van der Waals surface area contributed by atoms with Gasteiger partial charge in [-0.2, -0.15) is 0 Å². The Hall–Kier alpha value is -5.60. The van der Waals surface area contributed by atoms with E-state index in [4.69, 9.17) is 9.97 Å². The average Bonchev–Trinajstić information content (AvgIpc) is 3.18. The molecule has 0 saturated heterocycles. The second kappa shape index (κ2) is 14.5. The Morgan fingerprint density at radius 2 is 0.600 bits per heavy atom. The van der Waals surface area contributed by atoms with Crippen molar-refractivity contribution in [3.63, 3.8) is 0 Å². The van der Waals surface area contributed by atoms with Crippen LogP contribution in [-0.2, 0) is 21.7 Å². The lowest BCUT2D eigenvalue weighted by molar-refractivity contribution is 0.590. The van der Waals surface area contributed by atoms with E-state index in [1.807, 2.05) is 0 Å². The monoisotopic (exact) mass is 786 g/mol. The molecule has 304 valence electrons. The number of rotatable bonds is 4. The predicted octanol–water partition coefficient (Wildman–Crippen LogP) is 16.4. The number of hydrogen-bond donors (Lipinski definition) is 0. The molecule has 0 amide bonds. The van der Waals surface area contributed by atoms with Crippen LogP contribution in [0.15, 0.2) is 121 Å². The fourth-order valence-electron chi connectivity index (χ4n) is 8.67. The molecule has 8 aromatic rings. The maximum atomic E-state index is 5.41. The predicted molar refractivity (Wildman–Crippen MR) is 261 cm³/mol. The Bertz CT molecular complexity index is 2730. The number of hydrogen-bond acceptors (Lipinski definition) is 2. The highest BCUT2D eigenvalue weighted by atomic mass is 14.7. The number of fused-ring (bicyclic) bond motifs is 5. The standard InChI is InChI=1S/C58H62N2/c1-35-15-27-45-49(47-31-41(57(9,10)11)25-29-43(47)37-17-21-39(22-18-37)55(3,4)5)34-52-51(53(45)59-35)33-50(46-28-16-36(2)60-54(46)52)48-32-42(58(12,13)14)26-30-44(48)38-19-23-40(24-20-38)56(6,7)8/h15-34H,1-14H3. The Morgan fingerprint density at radius 3 is 0.917 bits per heavy atom. The molecular weight excluding hydrogens is 725 g/mol. The molecule has 0 fully saturated rings. The van der Waals surface area contributed by atoms with E-state index in [9.17, 15) is 0 Å². The Morgan fingerprint density at radius 1 is 0.283 bits per heavy atom. The van der Waals surface area contributed by atoms with Crippen molar-refractivity contribution in [1.29, 1.82) is 0 Å². The highest BCUT2D eigenvalue weighted by Gasteiger charge is 2.24. The maximum Gasteiger partial charge on any atom is 0.0790 e. The van der Waals surface area contributed by atoms with Gasteiger partial charge in [-0.05, 0) is 139 Å². The van der Waals surface area contributed by atoms with Crippen molar-refractivity contribution in [1.82, 2.24) is 9.97 Å². The molecule has 0 atom stereocenters. The van der Waals surface area contributed by atoms with Crippen LogP contribution in [0.2, 0.25) is 0 Å². The summed E-state index contributed by atoms with van der Waals surface area (Å²) >= 11 is 0. The zero-order valence-electron chi connectivity index (χ0n) is 38.4. The molecule has 0 N–H and O–H groups in total. The van der Waals surface area contributed by atoms with Crippen molar-refractivity contribution < 1.29 is 0 Å². The van der Waals surface area contributed by atoms with Crippen LogP contribution in [0.3, 0.4) is 0 Å². The van der Waals surface area contributed by atoms with Crippen LogP contribution in [0.5, 0.6) is 0 Å². The lowest BCUT2D eigenvalue weighted by atomic mass is 9.80. The Balaban J connectivity index is 1.47. The van der Waals surface area contributed by atoms with Gasteiger partial charge in [0.25, 0.3) is 0 Å². The normalized spacial score (nSPS) is 12.8. The van der Waals surface area contributed by atoms with Crippen molar-refractivity contribution in [3.8, 4) is 44.5 Å². The van der Waals surface area contributed by atoms with Crippen LogP contribution in [0.4, 0.5) is 0 Å². The van der Waals surface area contributed by atoms with Crippen LogP contribution < -0.4 is 0 Å². The third kappa shape index (κ3) is 7.66. The molecule has 0 radical (unpaired) electrons. The summed E-state index contributed by atoms with van der Waals surface area (Å²) in [5, 5.41) is 4.53. The van der Waals surface area contributed by atoms with E-state index in [-0.39, 0.29) is 21.7 Å². The van der Waals surface area contributed by atoms with E-state index in [1.165, 1.54) is 66.8 Å². The van der Waals surface area contributed by atoms with Gasteiger partial charge in [0.05, 0.1) is 11.0 Å². The minimum absolute atomic E-state index is 0.0303. The lowest BCUT2D eigenvalue weighted by Crippen LogP contribution is -2.11. The molecule has 2 nitrogen and oxygen atoms in total. The summed E-state index contributed by atoms with van der Waals surface area (Å²) in [5.74, 6) is 0. The summed E-state index contributed by atoms with van der Waals surface area (Å²) in [5.41, 5.74) is 19.0. The Kier molecular flexibility index (Phi) is 9.98. The van der Waals surface area contributed by atoms with Gasteiger partial charge in [-0.15, -0.1) is 0 Å². The maximum absolute atomic E-state index is 5.41. The van der Waals surface area contributed by atoms with Crippen molar-refractivity contribution in [2.24, 2.45) is 0 Å². The third-order valence-corrected chi connectivity index (χ3v) is 12.5. The van der Waals surface area contributed by atoms with Gasteiger partial charge in [0, 0.05) is 32.9 Å². The van der Waals surface area contributed by atoms with Gasteiger partial charge in [0.1, 0.15) is 0 Å². The Labute approximate surface area is 359 Å². The molecule has 0 aliphatic heterocycles. The summed E-state index contributed by atoms with van der Waals surface area (Å²) < 4.78 is 0. The van der Waals surface area contributed by atoms with E-state index in [0.717, 1.165) is 44.0 Å². The number of aryl methyl sites for hydroxylation is 2. The molecule has 2 heterocycles. The summed E-state index contributed by atoms with van der Waals surface area (Å²) in [6.45, 7) is 31.7. The van der Waals surface area contributed by atoms with Gasteiger partial charge >= 0.3 is 0 Å². The summed E-state index contributed by atoms with van der Waals surface area (Å²) in [6, 6.07) is 46.3. The molecule has 8 rings (SSSR count). The molecule has 60 heavy (non-hydrogen) atoms. The fourth-order valence-corrected chi connectivity index (χ4v) is 8.67.